The molecule has 2 aromatic heterocycles. The number of alkyl halides is 3. The fourth-order valence-electron chi connectivity index (χ4n) is 2.33. The number of phenolic OH excluding ortho intramolecular Hbond substituents is 1. The van der Waals surface area contributed by atoms with Crippen LogP contribution in [0.4, 0.5) is 19.0 Å². The molecule has 2 heterocycles. The fraction of sp³-hybridized carbons (Fsp3) is 0.188. The number of hydrogen-bond donors (Lipinski definition) is 2. The highest BCUT2D eigenvalue weighted by atomic mass is 32.1. The van der Waals surface area contributed by atoms with Gasteiger partial charge in [0.1, 0.15) is 11.6 Å². The van der Waals surface area contributed by atoms with Crippen molar-refractivity contribution in [3.63, 3.8) is 0 Å². The van der Waals surface area contributed by atoms with Crippen LogP contribution in [0.15, 0.2) is 35.2 Å². The van der Waals surface area contributed by atoms with Gasteiger partial charge in [-0.1, -0.05) is 0 Å². The van der Waals surface area contributed by atoms with Gasteiger partial charge in [-0.25, -0.2) is 4.98 Å². The van der Waals surface area contributed by atoms with E-state index in [1.54, 1.807) is 17.6 Å². The van der Waals surface area contributed by atoms with E-state index in [2.05, 4.69) is 20.5 Å². The van der Waals surface area contributed by atoms with Gasteiger partial charge in [0.2, 0.25) is 0 Å². The summed E-state index contributed by atoms with van der Waals surface area (Å²) in [6.07, 6.45) is -4.52. The summed E-state index contributed by atoms with van der Waals surface area (Å²) in [6, 6.07) is 4.98. The number of rotatable bonds is 4. The van der Waals surface area contributed by atoms with E-state index in [4.69, 9.17) is 0 Å². The number of aromatic hydroxyl groups is 1. The smallest absolute Gasteiger partial charge is 0.416 e. The van der Waals surface area contributed by atoms with Crippen molar-refractivity contribution in [1.29, 1.82) is 0 Å². The molecule has 0 aliphatic rings. The normalized spacial score (nSPS) is 11.5. The average molecular weight is 366 g/mol. The van der Waals surface area contributed by atoms with Crippen LogP contribution in [0.3, 0.4) is 0 Å². The van der Waals surface area contributed by atoms with Gasteiger partial charge >= 0.3 is 6.18 Å². The molecule has 0 radical (unpaired) electrons. The molecule has 0 unspecified atom stereocenters. The highest BCUT2D eigenvalue weighted by molar-refractivity contribution is 7.07. The van der Waals surface area contributed by atoms with Crippen LogP contribution in [-0.4, -0.2) is 20.3 Å². The summed E-state index contributed by atoms with van der Waals surface area (Å²) in [5.74, 6) is 0.252. The number of halogens is 3. The molecule has 0 saturated carbocycles. The molecule has 25 heavy (non-hydrogen) atoms. The summed E-state index contributed by atoms with van der Waals surface area (Å²) in [6.45, 7) is 1.90. The maximum absolute atomic E-state index is 12.8. The SMILES string of the molecule is Cc1cc(C(F)(F)F)cc(O)c1-c1ccc(CNc2cscn2)nn1. The molecule has 0 saturated heterocycles. The van der Waals surface area contributed by atoms with E-state index in [-0.39, 0.29) is 11.1 Å². The van der Waals surface area contributed by atoms with Crippen molar-refractivity contribution in [2.75, 3.05) is 5.32 Å². The van der Waals surface area contributed by atoms with E-state index in [1.165, 1.54) is 18.3 Å². The van der Waals surface area contributed by atoms with Gasteiger partial charge in [0.05, 0.1) is 29.0 Å². The van der Waals surface area contributed by atoms with Gasteiger partial charge < -0.3 is 10.4 Å². The van der Waals surface area contributed by atoms with Crippen LogP contribution in [0.25, 0.3) is 11.3 Å². The maximum atomic E-state index is 12.8. The van der Waals surface area contributed by atoms with Crippen molar-refractivity contribution in [2.45, 2.75) is 19.6 Å². The fourth-order valence-corrected chi connectivity index (χ4v) is 2.84. The second-order valence-electron chi connectivity index (χ2n) is 5.32. The third-order valence-corrected chi connectivity index (χ3v) is 4.09. The summed E-state index contributed by atoms with van der Waals surface area (Å²) in [7, 11) is 0. The number of benzene rings is 1. The van der Waals surface area contributed by atoms with Crippen LogP contribution in [-0.2, 0) is 12.7 Å². The number of thiazole rings is 1. The van der Waals surface area contributed by atoms with Crippen LogP contribution >= 0.6 is 11.3 Å². The number of hydrogen-bond acceptors (Lipinski definition) is 6. The zero-order chi connectivity index (χ0) is 18.0. The van der Waals surface area contributed by atoms with Crippen molar-refractivity contribution < 1.29 is 18.3 Å². The van der Waals surface area contributed by atoms with Crippen LogP contribution in [0.2, 0.25) is 0 Å². The molecule has 3 rings (SSSR count). The van der Waals surface area contributed by atoms with Crippen molar-refractivity contribution >= 4 is 17.2 Å². The molecule has 0 aliphatic heterocycles. The number of phenols is 1. The van der Waals surface area contributed by atoms with Crippen molar-refractivity contribution in [3.8, 4) is 17.0 Å². The first-order chi connectivity index (χ1) is 11.8. The number of aryl methyl sites for hydroxylation is 1. The first-order valence-electron chi connectivity index (χ1n) is 7.20. The van der Waals surface area contributed by atoms with E-state index in [0.717, 1.165) is 11.9 Å². The predicted molar refractivity (Wildman–Crippen MR) is 88.3 cm³/mol. The Kier molecular flexibility index (Phi) is 4.58. The lowest BCUT2D eigenvalue weighted by Crippen LogP contribution is -2.06. The molecular formula is C16H13F3N4OS. The lowest BCUT2D eigenvalue weighted by molar-refractivity contribution is -0.137. The Balaban J connectivity index is 1.82. The monoisotopic (exact) mass is 366 g/mol. The molecule has 0 spiro atoms. The zero-order valence-corrected chi connectivity index (χ0v) is 13.8. The standard InChI is InChI=1S/C16H13F3N4OS/c1-9-4-10(16(17,18)19)5-13(24)15(9)12-3-2-11(22-23-12)6-20-14-7-25-8-21-14/h2-5,7-8,20,24H,6H2,1H3. The Hall–Kier alpha value is -2.68. The van der Waals surface area contributed by atoms with Gasteiger partial charge in [-0.15, -0.1) is 11.3 Å². The van der Waals surface area contributed by atoms with Crippen LogP contribution in [0, 0.1) is 6.92 Å². The molecule has 0 amide bonds. The summed E-state index contributed by atoms with van der Waals surface area (Å²) < 4.78 is 38.4. The van der Waals surface area contributed by atoms with Gasteiger partial charge in [-0.3, -0.25) is 0 Å². The molecule has 0 bridgehead atoms. The molecule has 0 aliphatic carbocycles. The summed E-state index contributed by atoms with van der Waals surface area (Å²) in [5, 5.41) is 23.0. The highest BCUT2D eigenvalue weighted by Gasteiger charge is 2.32. The summed E-state index contributed by atoms with van der Waals surface area (Å²) >= 11 is 1.46. The molecular weight excluding hydrogens is 353 g/mol. The lowest BCUT2D eigenvalue weighted by atomic mass is 10.0. The Bertz CT molecular complexity index is 841. The molecule has 130 valence electrons. The van der Waals surface area contributed by atoms with Crippen molar-refractivity contribution in [2.24, 2.45) is 0 Å². The van der Waals surface area contributed by atoms with Gasteiger partial charge in [-0.05, 0) is 36.8 Å². The topological polar surface area (TPSA) is 70.9 Å². The quantitative estimate of drug-likeness (QED) is 0.722. The minimum absolute atomic E-state index is 0.236. The Labute approximate surface area is 145 Å². The number of nitrogens with one attached hydrogen (secondary N) is 1. The Morgan fingerprint density at radius 2 is 2.00 bits per heavy atom. The van der Waals surface area contributed by atoms with Crippen molar-refractivity contribution in [3.05, 3.63) is 52.0 Å². The van der Waals surface area contributed by atoms with Gasteiger partial charge in [0, 0.05) is 10.9 Å². The van der Waals surface area contributed by atoms with Gasteiger partial charge in [-0.2, -0.15) is 23.4 Å². The second kappa shape index (κ2) is 6.67. The number of nitrogens with zero attached hydrogens (tertiary/aromatic N) is 3. The van der Waals surface area contributed by atoms with Crippen LogP contribution < -0.4 is 5.32 Å². The van der Waals surface area contributed by atoms with E-state index in [9.17, 15) is 18.3 Å². The Morgan fingerprint density at radius 3 is 2.56 bits per heavy atom. The van der Waals surface area contributed by atoms with E-state index in [1.807, 2.05) is 5.38 Å². The molecule has 2 N–H and O–H groups in total. The molecule has 5 nitrogen and oxygen atoms in total. The molecule has 1 aromatic carbocycles. The highest BCUT2D eigenvalue weighted by Crippen LogP contribution is 2.38. The molecule has 0 fully saturated rings. The first kappa shape index (κ1) is 17.2. The van der Waals surface area contributed by atoms with E-state index < -0.39 is 17.5 Å². The number of aromatic nitrogens is 3. The minimum atomic E-state index is -4.52. The Morgan fingerprint density at radius 1 is 1.20 bits per heavy atom. The minimum Gasteiger partial charge on any atom is -0.507 e. The van der Waals surface area contributed by atoms with Crippen LogP contribution in [0.5, 0.6) is 5.75 Å². The van der Waals surface area contributed by atoms with Gasteiger partial charge in [0.15, 0.2) is 0 Å². The van der Waals surface area contributed by atoms with Crippen LogP contribution in [0.1, 0.15) is 16.8 Å². The van der Waals surface area contributed by atoms with E-state index >= 15 is 0 Å². The third kappa shape index (κ3) is 3.87. The first-order valence-corrected chi connectivity index (χ1v) is 8.14. The predicted octanol–water partition coefficient (Wildman–Crippen LogP) is 4.25. The largest absolute Gasteiger partial charge is 0.507 e. The average Bonchev–Trinajstić information content (AvgIpc) is 3.06. The second-order valence-corrected chi connectivity index (χ2v) is 6.04. The van der Waals surface area contributed by atoms with Gasteiger partial charge in [0.25, 0.3) is 0 Å². The maximum Gasteiger partial charge on any atom is 0.416 e. The molecule has 9 heteroatoms. The van der Waals surface area contributed by atoms with Crippen molar-refractivity contribution in [1.82, 2.24) is 15.2 Å². The third-order valence-electron chi connectivity index (χ3n) is 3.50. The molecule has 3 aromatic rings. The van der Waals surface area contributed by atoms with E-state index in [0.29, 0.717) is 24.0 Å². The zero-order valence-electron chi connectivity index (χ0n) is 13.0. The lowest BCUT2D eigenvalue weighted by Gasteiger charge is -2.13. The summed E-state index contributed by atoms with van der Waals surface area (Å²) in [5.41, 5.74) is 2.26. The number of anilines is 1. The summed E-state index contributed by atoms with van der Waals surface area (Å²) in [4.78, 5) is 4.08. The molecule has 0 atom stereocenters.